The molecule has 1 aromatic heterocycles. The van der Waals surface area contributed by atoms with Crippen LogP contribution in [0.2, 0.25) is 0 Å². The Morgan fingerprint density at radius 1 is 1.18 bits per heavy atom. The first kappa shape index (κ1) is 11.0. The normalized spacial score (nSPS) is 24.6. The predicted molar refractivity (Wildman–Crippen MR) is 68.0 cm³/mol. The molecule has 4 nitrogen and oxygen atoms in total. The molecule has 4 heteroatoms. The van der Waals surface area contributed by atoms with Gasteiger partial charge in [0.2, 0.25) is 5.95 Å². The summed E-state index contributed by atoms with van der Waals surface area (Å²) in [4.78, 5) is 11.2. The Kier molecular flexibility index (Phi) is 3.22. The molecule has 0 amide bonds. The molecule has 0 aromatic carbocycles. The smallest absolute Gasteiger partial charge is 0.225 e. The number of rotatable bonds is 4. The van der Waals surface area contributed by atoms with E-state index < -0.39 is 0 Å². The molecule has 3 rings (SSSR count). The van der Waals surface area contributed by atoms with Crippen LogP contribution < -0.4 is 10.2 Å². The molecule has 1 unspecified atom stereocenters. The van der Waals surface area contributed by atoms with E-state index in [9.17, 15) is 0 Å². The zero-order chi connectivity index (χ0) is 11.5. The van der Waals surface area contributed by atoms with Crippen LogP contribution in [-0.4, -0.2) is 35.1 Å². The van der Waals surface area contributed by atoms with E-state index in [0.717, 1.165) is 12.5 Å². The van der Waals surface area contributed by atoms with Crippen molar-refractivity contribution in [2.45, 2.75) is 44.2 Å². The maximum Gasteiger partial charge on any atom is 0.225 e. The average Bonchev–Trinajstić information content (AvgIpc) is 3.23. The molecule has 1 saturated carbocycles. The second-order valence-corrected chi connectivity index (χ2v) is 5.08. The fourth-order valence-electron chi connectivity index (χ4n) is 2.54. The van der Waals surface area contributed by atoms with Crippen molar-refractivity contribution in [2.75, 3.05) is 18.0 Å². The van der Waals surface area contributed by atoms with Crippen LogP contribution in [0.3, 0.4) is 0 Å². The van der Waals surface area contributed by atoms with Crippen LogP contribution in [0.25, 0.3) is 0 Å². The van der Waals surface area contributed by atoms with Crippen molar-refractivity contribution < 1.29 is 0 Å². The van der Waals surface area contributed by atoms with Crippen LogP contribution in [0.4, 0.5) is 5.95 Å². The fraction of sp³-hybridized carbons (Fsp3) is 0.692. The summed E-state index contributed by atoms with van der Waals surface area (Å²) in [5.74, 6) is 0.905. The van der Waals surface area contributed by atoms with Crippen molar-refractivity contribution in [3.05, 3.63) is 18.5 Å². The molecule has 17 heavy (non-hydrogen) atoms. The van der Waals surface area contributed by atoms with Crippen LogP contribution in [-0.2, 0) is 0 Å². The van der Waals surface area contributed by atoms with Crippen LogP contribution in [0.15, 0.2) is 18.5 Å². The van der Waals surface area contributed by atoms with Gasteiger partial charge in [-0.25, -0.2) is 9.97 Å². The van der Waals surface area contributed by atoms with E-state index in [1.807, 2.05) is 18.5 Å². The third-order valence-corrected chi connectivity index (χ3v) is 3.63. The second kappa shape index (κ2) is 5.00. The van der Waals surface area contributed by atoms with E-state index in [0.29, 0.717) is 12.1 Å². The van der Waals surface area contributed by atoms with Crippen molar-refractivity contribution >= 4 is 5.95 Å². The number of hydrogen-bond donors (Lipinski definition) is 1. The lowest BCUT2D eigenvalue weighted by molar-refractivity contribution is 0.397. The van der Waals surface area contributed by atoms with Crippen molar-refractivity contribution in [1.82, 2.24) is 15.3 Å². The van der Waals surface area contributed by atoms with Crippen molar-refractivity contribution in [3.8, 4) is 0 Å². The maximum absolute atomic E-state index is 4.39. The third kappa shape index (κ3) is 2.75. The Morgan fingerprint density at radius 3 is 2.65 bits per heavy atom. The van der Waals surface area contributed by atoms with E-state index in [1.165, 1.54) is 38.6 Å². The van der Waals surface area contributed by atoms with Gasteiger partial charge in [0.25, 0.3) is 0 Å². The van der Waals surface area contributed by atoms with E-state index in [-0.39, 0.29) is 0 Å². The Morgan fingerprint density at radius 2 is 2.00 bits per heavy atom. The highest BCUT2D eigenvalue weighted by molar-refractivity contribution is 5.33. The van der Waals surface area contributed by atoms with E-state index in [4.69, 9.17) is 0 Å². The number of hydrogen-bond acceptors (Lipinski definition) is 4. The Balaban J connectivity index is 1.67. The first-order valence-corrected chi connectivity index (χ1v) is 6.70. The van der Waals surface area contributed by atoms with Crippen molar-refractivity contribution in [1.29, 1.82) is 0 Å². The van der Waals surface area contributed by atoms with Gasteiger partial charge < -0.3 is 10.2 Å². The number of aromatic nitrogens is 2. The molecule has 1 aliphatic carbocycles. The lowest BCUT2D eigenvalue weighted by Crippen LogP contribution is -2.45. The highest BCUT2D eigenvalue weighted by Gasteiger charge is 2.32. The summed E-state index contributed by atoms with van der Waals surface area (Å²) in [6.07, 6.45) is 10.2. The minimum Gasteiger partial charge on any atom is -0.336 e. The van der Waals surface area contributed by atoms with Crippen LogP contribution >= 0.6 is 0 Å². The fourth-order valence-corrected chi connectivity index (χ4v) is 2.54. The highest BCUT2D eigenvalue weighted by Crippen LogP contribution is 2.30. The molecule has 92 valence electrons. The molecular formula is C13H20N4. The Hall–Kier alpha value is -1.16. The summed E-state index contributed by atoms with van der Waals surface area (Å²) in [5.41, 5.74) is 0. The van der Waals surface area contributed by atoms with E-state index >= 15 is 0 Å². The molecule has 1 aromatic rings. The number of nitrogens with one attached hydrogen (secondary N) is 1. The minimum atomic E-state index is 0.619. The summed E-state index contributed by atoms with van der Waals surface area (Å²) in [5, 5.41) is 3.60. The van der Waals surface area contributed by atoms with Gasteiger partial charge in [0, 0.05) is 31.0 Å². The molecule has 1 saturated heterocycles. The van der Waals surface area contributed by atoms with Crippen molar-refractivity contribution in [2.24, 2.45) is 0 Å². The van der Waals surface area contributed by atoms with Gasteiger partial charge in [-0.2, -0.15) is 0 Å². The largest absolute Gasteiger partial charge is 0.336 e. The molecule has 0 spiro atoms. The summed E-state index contributed by atoms with van der Waals surface area (Å²) in [6.45, 7) is 2.23. The predicted octanol–water partition coefficient (Wildman–Crippen LogP) is 1.59. The zero-order valence-electron chi connectivity index (χ0n) is 10.2. The van der Waals surface area contributed by atoms with E-state index in [2.05, 4.69) is 20.2 Å². The number of anilines is 1. The standard InChI is InChI=1S/C13H20N4/c1-2-7-14-11(4-1)10-17(12-5-6-12)13-15-8-3-9-16-13/h3,8-9,11-12,14H,1-2,4-7,10H2. The zero-order valence-corrected chi connectivity index (χ0v) is 10.2. The van der Waals surface area contributed by atoms with Crippen molar-refractivity contribution in [3.63, 3.8) is 0 Å². The number of nitrogens with zero attached hydrogens (tertiary/aromatic N) is 3. The SMILES string of the molecule is c1cnc(N(CC2CCCCN2)C2CC2)nc1. The molecule has 2 heterocycles. The second-order valence-electron chi connectivity index (χ2n) is 5.08. The first-order chi connectivity index (χ1) is 8.43. The van der Waals surface area contributed by atoms with Crippen LogP contribution in [0.5, 0.6) is 0 Å². The molecule has 1 aliphatic heterocycles. The van der Waals surface area contributed by atoms with Gasteiger partial charge in [0.15, 0.2) is 0 Å². The van der Waals surface area contributed by atoms with Gasteiger partial charge in [-0.15, -0.1) is 0 Å². The molecule has 0 bridgehead atoms. The molecule has 1 N–H and O–H groups in total. The first-order valence-electron chi connectivity index (χ1n) is 6.70. The average molecular weight is 232 g/mol. The van der Waals surface area contributed by atoms with E-state index in [1.54, 1.807) is 0 Å². The molecule has 0 radical (unpaired) electrons. The minimum absolute atomic E-state index is 0.619. The maximum atomic E-state index is 4.39. The van der Waals surface area contributed by atoms with Gasteiger partial charge in [-0.05, 0) is 38.3 Å². The summed E-state index contributed by atoms with van der Waals surface area (Å²) in [6, 6.07) is 3.18. The molecule has 1 atom stereocenters. The number of piperidine rings is 1. The van der Waals surface area contributed by atoms with Gasteiger partial charge in [0.1, 0.15) is 0 Å². The Bertz CT molecular complexity index is 344. The summed E-state index contributed by atoms with van der Waals surface area (Å²) < 4.78 is 0. The van der Waals surface area contributed by atoms with Gasteiger partial charge in [-0.3, -0.25) is 0 Å². The van der Waals surface area contributed by atoms with Gasteiger partial charge in [0.05, 0.1) is 0 Å². The quantitative estimate of drug-likeness (QED) is 0.856. The van der Waals surface area contributed by atoms with Crippen LogP contribution in [0.1, 0.15) is 32.1 Å². The third-order valence-electron chi connectivity index (χ3n) is 3.63. The Labute approximate surface area is 102 Å². The lowest BCUT2D eigenvalue weighted by atomic mass is 10.0. The summed E-state index contributed by atoms with van der Waals surface area (Å²) in [7, 11) is 0. The van der Waals surface area contributed by atoms with Crippen LogP contribution in [0, 0.1) is 0 Å². The lowest BCUT2D eigenvalue weighted by Gasteiger charge is -2.30. The topological polar surface area (TPSA) is 41.1 Å². The van der Waals surface area contributed by atoms with Gasteiger partial charge in [-0.1, -0.05) is 6.42 Å². The summed E-state index contributed by atoms with van der Waals surface area (Å²) >= 11 is 0. The van der Waals surface area contributed by atoms with Gasteiger partial charge >= 0.3 is 0 Å². The molecular weight excluding hydrogens is 212 g/mol. The molecule has 2 fully saturated rings. The molecule has 2 aliphatic rings. The highest BCUT2D eigenvalue weighted by atomic mass is 15.3. The monoisotopic (exact) mass is 232 g/mol.